The third kappa shape index (κ3) is 4.05. The van der Waals surface area contributed by atoms with E-state index in [0.29, 0.717) is 33.9 Å². The molecule has 1 saturated heterocycles. The highest BCUT2D eigenvalue weighted by molar-refractivity contribution is 7.18. The molecular formula is C26H31N3O5S. The quantitative estimate of drug-likeness (QED) is 0.539. The van der Waals surface area contributed by atoms with Gasteiger partial charge in [-0.15, -0.1) is 11.3 Å². The van der Waals surface area contributed by atoms with Crippen molar-refractivity contribution in [3.05, 3.63) is 49.5 Å². The minimum atomic E-state index is -0.525. The summed E-state index contributed by atoms with van der Waals surface area (Å²) in [5, 5.41) is 0.557. The molecule has 5 rings (SSSR count). The summed E-state index contributed by atoms with van der Waals surface area (Å²) in [7, 11) is 3.04. The number of hydrogen-bond donors (Lipinski definition) is 0. The van der Waals surface area contributed by atoms with Gasteiger partial charge in [-0.25, -0.2) is 9.36 Å². The maximum Gasteiger partial charge on any atom is 0.337 e. The number of aromatic nitrogens is 2. The molecule has 186 valence electrons. The topological polar surface area (TPSA) is 82.8 Å². The third-order valence-corrected chi connectivity index (χ3v) is 8.60. The molecule has 1 aliphatic heterocycles. The highest BCUT2D eigenvalue weighted by Gasteiger charge is 2.28. The van der Waals surface area contributed by atoms with Crippen molar-refractivity contribution < 1.29 is 14.3 Å². The number of thiophene rings is 1. The van der Waals surface area contributed by atoms with Crippen LogP contribution in [-0.4, -0.2) is 46.7 Å². The Hall–Kier alpha value is -3.07. The smallest absolute Gasteiger partial charge is 0.337 e. The molecule has 3 heterocycles. The average Bonchev–Trinajstić information content (AvgIpc) is 3.26. The molecule has 0 N–H and O–H groups in total. The molecule has 2 aromatic heterocycles. The number of fused-ring (bicyclic) bond motifs is 3. The largest absolute Gasteiger partial charge is 0.497 e. The van der Waals surface area contributed by atoms with Gasteiger partial charge in [0.15, 0.2) is 0 Å². The molecule has 35 heavy (non-hydrogen) atoms. The lowest BCUT2D eigenvalue weighted by Gasteiger charge is -2.33. The van der Waals surface area contributed by atoms with E-state index in [0.717, 1.165) is 60.0 Å². The maximum absolute atomic E-state index is 13.9. The van der Waals surface area contributed by atoms with Crippen LogP contribution in [-0.2, 0) is 24.2 Å². The summed E-state index contributed by atoms with van der Waals surface area (Å²) < 4.78 is 13.5. The third-order valence-electron chi connectivity index (χ3n) is 7.28. The summed E-state index contributed by atoms with van der Waals surface area (Å²) in [5.41, 5.74) is 0.481. The number of ether oxygens (including phenoxy) is 2. The summed E-state index contributed by atoms with van der Waals surface area (Å²) in [6.07, 6.45) is 6.81. The van der Waals surface area contributed by atoms with Crippen LogP contribution in [0.25, 0.3) is 15.9 Å². The van der Waals surface area contributed by atoms with Gasteiger partial charge in [-0.2, -0.15) is 0 Å². The van der Waals surface area contributed by atoms with E-state index >= 15 is 0 Å². The number of benzene rings is 1. The molecular weight excluding hydrogens is 466 g/mol. The van der Waals surface area contributed by atoms with Gasteiger partial charge in [0, 0.05) is 23.5 Å². The van der Waals surface area contributed by atoms with Crippen molar-refractivity contribution >= 4 is 27.5 Å². The average molecular weight is 498 g/mol. The zero-order valence-corrected chi connectivity index (χ0v) is 21.3. The first-order chi connectivity index (χ1) is 16.9. The van der Waals surface area contributed by atoms with Gasteiger partial charge >= 0.3 is 5.69 Å². The predicted molar refractivity (Wildman–Crippen MR) is 136 cm³/mol. The minimum Gasteiger partial charge on any atom is -0.497 e. The SMILES string of the molecule is COc1ccc(-n2c(=O)c3c4c(sc3n(CC(=O)N3CCCC[C@H]3C)c2=O)CCCC4)c(OC)c1. The van der Waals surface area contributed by atoms with Crippen LogP contribution in [0.1, 0.15) is 49.5 Å². The second-order valence-corrected chi connectivity index (χ2v) is 10.5. The van der Waals surface area contributed by atoms with Crippen LogP contribution in [0.5, 0.6) is 11.5 Å². The Morgan fingerprint density at radius 1 is 1.09 bits per heavy atom. The second-order valence-electron chi connectivity index (χ2n) is 9.37. The Bertz CT molecular complexity index is 1400. The molecule has 0 radical (unpaired) electrons. The van der Waals surface area contributed by atoms with Crippen molar-refractivity contribution in [2.75, 3.05) is 20.8 Å². The van der Waals surface area contributed by atoms with Gasteiger partial charge < -0.3 is 14.4 Å². The van der Waals surface area contributed by atoms with Crippen LogP contribution in [0.3, 0.4) is 0 Å². The molecule has 9 heteroatoms. The van der Waals surface area contributed by atoms with E-state index in [2.05, 4.69) is 6.92 Å². The summed E-state index contributed by atoms with van der Waals surface area (Å²) in [6.45, 7) is 2.67. The highest BCUT2D eigenvalue weighted by atomic mass is 32.1. The number of rotatable bonds is 5. The molecule has 1 amide bonds. The van der Waals surface area contributed by atoms with E-state index in [4.69, 9.17) is 9.47 Å². The Labute approximate surface area is 207 Å². The van der Waals surface area contributed by atoms with Crippen LogP contribution in [0.4, 0.5) is 0 Å². The monoisotopic (exact) mass is 497 g/mol. The first-order valence-electron chi connectivity index (χ1n) is 12.3. The van der Waals surface area contributed by atoms with Crippen LogP contribution in [0.2, 0.25) is 0 Å². The van der Waals surface area contributed by atoms with Gasteiger partial charge in [0.05, 0.1) is 25.3 Å². The van der Waals surface area contributed by atoms with E-state index in [9.17, 15) is 14.4 Å². The lowest BCUT2D eigenvalue weighted by molar-refractivity contribution is -0.135. The number of aryl methyl sites for hydroxylation is 2. The Morgan fingerprint density at radius 3 is 2.63 bits per heavy atom. The van der Waals surface area contributed by atoms with Crippen molar-refractivity contribution in [2.45, 2.75) is 64.5 Å². The van der Waals surface area contributed by atoms with Gasteiger partial charge in [0.25, 0.3) is 5.56 Å². The molecule has 1 fully saturated rings. The normalized spacial score (nSPS) is 17.9. The predicted octanol–water partition coefficient (Wildman–Crippen LogP) is 3.51. The molecule has 1 atom stereocenters. The van der Waals surface area contributed by atoms with Gasteiger partial charge in [0.1, 0.15) is 22.9 Å². The summed E-state index contributed by atoms with van der Waals surface area (Å²) in [5.74, 6) is 0.829. The summed E-state index contributed by atoms with van der Waals surface area (Å²) in [6, 6.07) is 5.15. The fourth-order valence-corrected chi connectivity index (χ4v) is 6.76. The molecule has 8 nitrogen and oxygen atoms in total. The van der Waals surface area contributed by atoms with Crippen molar-refractivity contribution in [1.29, 1.82) is 0 Å². The number of methoxy groups -OCH3 is 2. The zero-order chi connectivity index (χ0) is 24.7. The standard InChI is InChI=1S/C26H31N3O5S/c1-16-8-6-7-13-27(16)22(30)15-28-25-23(18-9-4-5-10-21(18)35-25)24(31)29(26(28)32)19-12-11-17(33-2)14-20(19)34-3/h11-12,14,16H,4-10,13,15H2,1-3H3/t16-/m1/s1. The van der Waals surface area contributed by atoms with E-state index in [1.807, 2.05) is 4.90 Å². The minimum absolute atomic E-state index is 0.0844. The summed E-state index contributed by atoms with van der Waals surface area (Å²) >= 11 is 1.49. The number of likely N-dealkylation sites (tertiary alicyclic amines) is 1. The lowest BCUT2D eigenvalue weighted by atomic mass is 9.97. The van der Waals surface area contributed by atoms with E-state index in [1.165, 1.54) is 23.0 Å². The fraction of sp³-hybridized carbons (Fsp3) is 0.500. The van der Waals surface area contributed by atoms with Crippen LogP contribution >= 0.6 is 11.3 Å². The van der Waals surface area contributed by atoms with E-state index in [1.54, 1.807) is 25.3 Å². The van der Waals surface area contributed by atoms with Gasteiger partial charge in [0.2, 0.25) is 5.91 Å². The molecule has 0 saturated carbocycles. The number of nitrogens with zero attached hydrogens (tertiary/aromatic N) is 3. The zero-order valence-electron chi connectivity index (χ0n) is 20.5. The van der Waals surface area contributed by atoms with Crippen molar-refractivity contribution in [2.24, 2.45) is 0 Å². The Balaban J connectivity index is 1.74. The van der Waals surface area contributed by atoms with Crippen LogP contribution in [0, 0.1) is 0 Å². The maximum atomic E-state index is 13.9. The fourth-order valence-electron chi connectivity index (χ4n) is 5.38. The van der Waals surface area contributed by atoms with Crippen molar-refractivity contribution in [1.82, 2.24) is 14.0 Å². The number of amides is 1. The molecule has 0 unspecified atom stereocenters. The van der Waals surface area contributed by atoms with Crippen LogP contribution in [0.15, 0.2) is 27.8 Å². The molecule has 1 aromatic carbocycles. The van der Waals surface area contributed by atoms with E-state index < -0.39 is 5.69 Å². The van der Waals surface area contributed by atoms with Gasteiger partial charge in [-0.1, -0.05) is 0 Å². The molecule has 0 bridgehead atoms. The second kappa shape index (κ2) is 9.53. The number of piperidine rings is 1. The first kappa shape index (κ1) is 23.7. The van der Waals surface area contributed by atoms with Gasteiger partial charge in [-0.3, -0.25) is 14.2 Å². The first-order valence-corrected chi connectivity index (χ1v) is 13.1. The van der Waals surface area contributed by atoms with Gasteiger partial charge in [-0.05, 0) is 69.6 Å². The molecule has 3 aromatic rings. The van der Waals surface area contributed by atoms with Crippen molar-refractivity contribution in [3.63, 3.8) is 0 Å². The molecule has 0 spiro atoms. The number of hydrogen-bond acceptors (Lipinski definition) is 6. The Morgan fingerprint density at radius 2 is 1.89 bits per heavy atom. The van der Waals surface area contributed by atoms with E-state index in [-0.39, 0.29) is 24.1 Å². The highest BCUT2D eigenvalue weighted by Crippen LogP contribution is 2.35. The van der Waals surface area contributed by atoms with Crippen LogP contribution < -0.4 is 20.7 Å². The summed E-state index contributed by atoms with van der Waals surface area (Å²) in [4.78, 5) is 44.8. The Kier molecular flexibility index (Phi) is 6.44. The number of carbonyl (C=O) groups is 1. The number of carbonyl (C=O) groups excluding carboxylic acids is 1. The molecule has 2 aliphatic rings. The van der Waals surface area contributed by atoms with Crippen molar-refractivity contribution in [3.8, 4) is 17.2 Å². The molecule has 1 aliphatic carbocycles. The lowest BCUT2D eigenvalue weighted by Crippen LogP contribution is -2.46.